The SMILES string of the molecule is O=C(NC[C@H]1CCCO1)C(=O)N/N=C\c1cc(Br)ccc1OCc1c(Cl)cccc1Cl. The second-order valence-corrected chi connectivity index (χ2v) is 8.45. The fourth-order valence-electron chi connectivity index (χ4n) is 2.88. The largest absolute Gasteiger partial charge is 0.488 e. The highest BCUT2D eigenvalue weighted by Gasteiger charge is 2.19. The maximum atomic E-state index is 11.9. The number of nitrogens with zero attached hydrogens (tertiary/aromatic N) is 1. The fourth-order valence-corrected chi connectivity index (χ4v) is 3.76. The summed E-state index contributed by atoms with van der Waals surface area (Å²) in [6.07, 6.45) is 3.16. The molecule has 31 heavy (non-hydrogen) atoms. The first-order valence-electron chi connectivity index (χ1n) is 9.52. The lowest BCUT2D eigenvalue weighted by atomic mass is 10.2. The molecule has 3 rings (SSSR count). The third-order valence-electron chi connectivity index (χ3n) is 4.50. The van der Waals surface area contributed by atoms with Gasteiger partial charge in [-0.25, -0.2) is 5.43 Å². The van der Waals surface area contributed by atoms with Gasteiger partial charge in [0.25, 0.3) is 0 Å². The maximum Gasteiger partial charge on any atom is 0.329 e. The van der Waals surface area contributed by atoms with E-state index >= 15 is 0 Å². The molecule has 0 bridgehead atoms. The van der Waals surface area contributed by atoms with Gasteiger partial charge in [0.2, 0.25) is 0 Å². The first-order chi connectivity index (χ1) is 14.9. The van der Waals surface area contributed by atoms with Crippen LogP contribution in [0.15, 0.2) is 46.0 Å². The average molecular weight is 529 g/mol. The number of hydrogen-bond acceptors (Lipinski definition) is 5. The van der Waals surface area contributed by atoms with Crippen molar-refractivity contribution in [3.63, 3.8) is 0 Å². The lowest BCUT2D eigenvalue weighted by Crippen LogP contribution is -2.41. The Morgan fingerprint density at radius 3 is 2.71 bits per heavy atom. The predicted molar refractivity (Wildman–Crippen MR) is 123 cm³/mol. The van der Waals surface area contributed by atoms with Crippen LogP contribution in [-0.2, 0) is 20.9 Å². The molecule has 1 aliphatic heterocycles. The van der Waals surface area contributed by atoms with E-state index in [1.54, 1.807) is 36.4 Å². The number of carbonyl (C=O) groups excluding carboxylic acids is 2. The Hall–Kier alpha value is -2.13. The Kier molecular flexibility index (Phi) is 8.71. The molecule has 0 spiro atoms. The minimum atomic E-state index is -0.866. The number of carbonyl (C=O) groups is 2. The molecule has 0 unspecified atom stereocenters. The van der Waals surface area contributed by atoms with Crippen molar-refractivity contribution >= 4 is 57.2 Å². The highest BCUT2D eigenvalue weighted by molar-refractivity contribution is 9.10. The molecule has 2 N–H and O–H groups in total. The Bertz CT molecular complexity index is 961. The summed E-state index contributed by atoms with van der Waals surface area (Å²) in [7, 11) is 0. The van der Waals surface area contributed by atoms with Crippen molar-refractivity contribution in [2.24, 2.45) is 5.10 Å². The first kappa shape index (κ1) is 23.5. The third kappa shape index (κ3) is 6.93. The van der Waals surface area contributed by atoms with Gasteiger partial charge in [0.1, 0.15) is 12.4 Å². The van der Waals surface area contributed by atoms with E-state index in [2.05, 4.69) is 31.8 Å². The van der Waals surface area contributed by atoms with E-state index in [9.17, 15) is 9.59 Å². The van der Waals surface area contributed by atoms with Crippen LogP contribution < -0.4 is 15.5 Å². The Labute approximate surface area is 198 Å². The normalized spacial score (nSPS) is 15.8. The van der Waals surface area contributed by atoms with Crippen LogP contribution in [0.5, 0.6) is 5.75 Å². The van der Waals surface area contributed by atoms with Gasteiger partial charge >= 0.3 is 11.8 Å². The quantitative estimate of drug-likeness (QED) is 0.322. The lowest BCUT2D eigenvalue weighted by Gasteiger charge is -2.12. The number of ether oxygens (including phenoxy) is 2. The number of benzene rings is 2. The number of nitrogens with one attached hydrogen (secondary N) is 2. The molecule has 1 saturated heterocycles. The van der Waals surface area contributed by atoms with Crippen LogP contribution >= 0.6 is 39.1 Å². The molecule has 1 aliphatic rings. The summed E-state index contributed by atoms with van der Waals surface area (Å²) >= 11 is 15.8. The third-order valence-corrected chi connectivity index (χ3v) is 5.70. The highest BCUT2D eigenvalue weighted by atomic mass is 79.9. The van der Waals surface area contributed by atoms with Crippen molar-refractivity contribution < 1.29 is 19.1 Å². The van der Waals surface area contributed by atoms with Crippen molar-refractivity contribution in [1.29, 1.82) is 0 Å². The van der Waals surface area contributed by atoms with Crippen LogP contribution in [0.4, 0.5) is 0 Å². The van der Waals surface area contributed by atoms with Crippen LogP contribution in [0.25, 0.3) is 0 Å². The van der Waals surface area contributed by atoms with Crippen LogP contribution in [0.1, 0.15) is 24.0 Å². The summed E-state index contributed by atoms with van der Waals surface area (Å²) in [5, 5.41) is 7.40. The maximum absolute atomic E-state index is 11.9. The number of hydrogen-bond donors (Lipinski definition) is 2. The topological polar surface area (TPSA) is 89.0 Å². The van der Waals surface area contributed by atoms with Crippen LogP contribution in [-0.4, -0.2) is 37.3 Å². The summed E-state index contributed by atoms with van der Waals surface area (Å²) in [6, 6.07) is 10.5. The van der Waals surface area contributed by atoms with Gasteiger partial charge in [0, 0.05) is 38.8 Å². The van der Waals surface area contributed by atoms with Gasteiger partial charge in [-0.1, -0.05) is 45.2 Å². The van der Waals surface area contributed by atoms with E-state index in [1.165, 1.54) is 6.21 Å². The van der Waals surface area contributed by atoms with E-state index < -0.39 is 11.8 Å². The molecule has 1 heterocycles. The zero-order valence-electron chi connectivity index (χ0n) is 16.4. The van der Waals surface area contributed by atoms with Gasteiger partial charge in [0.15, 0.2) is 0 Å². The van der Waals surface area contributed by atoms with Gasteiger partial charge in [-0.15, -0.1) is 0 Å². The number of amides is 2. The van der Waals surface area contributed by atoms with E-state index in [0.29, 0.717) is 40.1 Å². The van der Waals surface area contributed by atoms with Gasteiger partial charge in [-0.2, -0.15) is 5.10 Å². The number of hydrazone groups is 1. The Morgan fingerprint density at radius 1 is 1.23 bits per heavy atom. The average Bonchev–Trinajstić information content (AvgIpc) is 3.26. The minimum Gasteiger partial charge on any atom is -0.488 e. The summed E-state index contributed by atoms with van der Waals surface area (Å²) in [5.41, 5.74) is 3.45. The monoisotopic (exact) mass is 527 g/mol. The molecule has 2 amide bonds. The number of halogens is 3. The van der Waals surface area contributed by atoms with Crippen molar-refractivity contribution in [3.8, 4) is 5.75 Å². The van der Waals surface area contributed by atoms with Gasteiger partial charge < -0.3 is 14.8 Å². The van der Waals surface area contributed by atoms with E-state index in [0.717, 1.165) is 17.3 Å². The van der Waals surface area contributed by atoms with Crippen molar-refractivity contribution in [2.45, 2.75) is 25.6 Å². The summed E-state index contributed by atoms with van der Waals surface area (Å²) < 4.78 is 12.0. The molecule has 2 aromatic rings. The molecule has 2 aromatic carbocycles. The summed E-state index contributed by atoms with van der Waals surface area (Å²) in [5.74, 6) is -1.14. The molecule has 0 radical (unpaired) electrons. The molecule has 7 nitrogen and oxygen atoms in total. The zero-order valence-corrected chi connectivity index (χ0v) is 19.5. The smallest absolute Gasteiger partial charge is 0.329 e. The Balaban J connectivity index is 1.58. The molecular weight excluding hydrogens is 509 g/mol. The second kappa shape index (κ2) is 11.5. The highest BCUT2D eigenvalue weighted by Crippen LogP contribution is 2.28. The summed E-state index contributed by atoms with van der Waals surface area (Å²) in [4.78, 5) is 23.8. The fraction of sp³-hybridized carbons (Fsp3) is 0.286. The van der Waals surface area contributed by atoms with Gasteiger partial charge in [-0.3, -0.25) is 9.59 Å². The van der Waals surface area contributed by atoms with Gasteiger partial charge in [-0.05, 0) is 43.2 Å². The van der Waals surface area contributed by atoms with Crippen molar-refractivity contribution in [1.82, 2.24) is 10.7 Å². The molecule has 1 fully saturated rings. The Morgan fingerprint density at radius 2 is 2.00 bits per heavy atom. The van der Waals surface area contributed by atoms with E-state index in [4.69, 9.17) is 32.7 Å². The zero-order chi connectivity index (χ0) is 22.2. The molecule has 0 aliphatic carbocycles. The van der Waals surface area contributed by atoms with Crippen LogP contribution in [0.3, 0.4) is 0 Å². The molecule has 0 aromatic heterocycles. The van der Waals surface area contributed by atoms with Crippen LogP contribution in [0.2, 0.25) is 10.0 Å². The van der Waals surface area contributed by atoms with Crippen LogP contribution in [0, 0.1) is 0 Å². The van der Waals surface area contributed by atoms with E-state index in [-0.39, 0.29) is 12.7 Å². The van der Waals surface area contributed by atoms with Crippen molar-refractivity contribution in [2.75, 3.05) is 13.2 Å². The second-order valence-electron chi connectivity index (χ2n) is 6.72. The lowest BCUT2D eigenvalue weighted by molar-refractivity contribution is -0.139. The molecule has 10 heteroatoms. The van der Waals surface area contributed by atoms with Gasteiger partial charge in [0.05, 0.1) is 12.3 Å². The minimum absolute atomic E-state index is 0.0479. The van der Waals surface area contributed by atoms with Crippen molar-refractivity contribution in [3.05, 3.63) is 62.0 Å². The summed E-state index contributed by atoms with van der Waals surface area (Å²) in [6.45, 7) is 1.12. The predicted octanol–water partition coefficient (Wildman–Crippen LogP) is 4.08. The molecular formula is C21H20BrCl2N3O4. The molecule has 164 valence electrons. The number of rotatable bonds is 7. The first-order valence-corrected chi connectivity index (χ1v) is 11.1. The standard InChI is InChI=1S/C21H20BrCl2N3O4/c22-14-6-7-19(31-12-16-17(23)4-1-5-18(16)24)13(9-14)10-26-27-21(29)20(28)25-11-15-3-2-8-30-15/h1,4-7,9-10,15H,2-3,8,11-12H2,(H,25,28)(H,27,29)/b26-10-/t15-/m1/s1. The molecule has 0 saturated carbocycles. The molecule has 1 atom stereocenters. The van der Waals surface area contributed by atoms with E-state index in [1.807, 2.05) is 0 Å².